The molecule has 2 heterocycles. The number of amides is 1. The highest BCUT2D eigenvalue weighted by atomic mass is 19.1. The molecule has 33 heavy (non-hydrogen) atoms. The summed E-state index contributed by atoms with van der Waals surface area (Å²) in [6.45, 7) is -0.479. The number of hydrogen-bond donors (Lipinski definition) is 3. The van der Waals surface area contributed by atoms with Crippen LogP contribution in [0.2, 0.25) is 0 Å². The summed E-state index contributed by atoms with van der Waals surface area (Å²) in [4.78, 5) is 16.8. The maximum atomic E-state index is 14.9. The number of rotatable bonds is 6. The summed E-state index contributed by atoms with van der Waals surface area (Å²) in [5.41, 5.74) is 8.44. The Morgan fingerprint density at radius 3 is 2.64 bits per heavy atom. The molecule has 2 aromatic heterocycles. The first-order valence-corrected chi connectivity index (χ1v) is 9.95. The molecule has 8 nitrogen and oxygen atoms in total. The number of aliphatic hydroxyl groups excluding tert-OH is 1. The number of aliphatic hydroxyl groups is 1. The Morgan fingerprint density at radius 2 is 1.97 bits per heavy atom. The van der Waals surface area contributed by atoms with Crippen LogP contribution in [0.25, 0.3) is 22.4 Å². The number of carbonyl (C=O) groups excluding carboxylic acids is 1. The number of hydrogen-bond acceptors (Lipinski definition) is 6. The van der Waals surface area contributed by atoms with Gasteiger partial charge in [-0.25, -0.2) is 18.4 Å². The highest BCUT2D eigenvalue weighted by molar-refractivity contribution is 5.95. The zero-order valence-corrected chi connectivity index (χ0v) is 17.5. The van der Waals surface area contributed by atoms with Gasteiger partial charge in [-0.1, -0.05) is 23.4 Å². The summed E-state index contributed by atoms with van der Waals surface area (Å²) in [5.74, 6) is -1.85. The third-order valence-electron chi connectivity index (χ3n) is 5.19. The number of nitrogens with two attached hydrogens (primary N) is 1. The normalized spacial score (nSPS) is 11.9. The summed E-state index contributed by atoms with van der Waals surface area (Å²) in [6, 6.07) is 10.4. The van der Waals surface area contributed by atoms with Gasteiger partial charge in [-0.3, -0.25) is 4.79 Å². The smallest absolute Gasteiger partial charge is 0.254 e. The Morgan fingerprint density at radius 1 is 1.15 bits per heavy atom. The van der Waals surface area contributed by atoms with E-state index in [1.165, 1.54) is 30.3 Å². The third-order valence-corrected chi connectivity index (χ3v) is 5.19. The maximum Gasteiger partial charge on any atom is 0.254 e. The molecule has 0 aliphatic rings. The van der Waals surface area contributed by atoms with E-state index >= 15 is 0 Å². The Hall–Kier alpha value is -4.18. The van der Waals surface area contributed by atoms with Crippen molar-refractivity contribution in [3.63, 3.8) is 0 Å². The zero-order chi connectivity index (χ0) is 23.5. The van der Waals surface area contributed by atoms with E-state index in [0.717, 1.165) is 0 Å². The topological polar surface area (TPSA) is 119 Å². The highest BCUT2D eigenvalue weighted by Crippen LogP contribution is 2.30. The molecule has 168 valence electrons. The number of nitrogens with zero attached hydrogens (tertiary/aromatic N) is 4. The quantitative estimate of drug-likeness (QED) is 0.416. The van der Waals surface area contributed by atoms with Gasteiger partial charge in [0.25, 0.3) is 5.91 Å². The van der Waals surface area contributed by atoms with E-state index in [9.17, 15) is 18.7 Å². The van der Waals surface area contributed by atoms with Crippen molar-refractivity contribution in [3.05, 3.63) is 83.7 Å². The van der Waals surface area contributed by atoms with Gasteiger partial charge in [0.1, 0.15) is 17.5 Å². The predicted octanol–water partition coefficient (Wildman–Crippen LogP) is 2.87. The Bertz CT molecular complexity index is 1320. The van der Waals surface area contributed by atoms with Crippen LogP contribution in [0.15, 0.2) is 60.9 Å². The molecule has 0 aliphatic heterocycles. The monoisotopic (exact) mass is 450 g/mol. The fraction of sp³-hybridized carbons (Fsp3) is 0.130. The molecule has 10 heteroatoms. The van der Waals surface area contributed by atoms with E-state index in [1.807, 2.05) is 0 Å². The van der Waals surface area contributed by atoms with Crippen LogP contribution in [0.1, 0.15) is 22.0 Å². The maximum absolute atomic E-state index is 14.9. The molecule has 4 aromatic rings. The number of carbonyl (C=O) groups is 1. The van der Waals surface area contributed by atoms with E-state index < -0.39 is 30.2 Å². The minimum atomic E-state index is -0.892. The van der Waals surface area contributed by atoms with Crippen LogP contribution < -0.4 is 11.1 Å². The summed E-state index contributed by atoms with van der Waals surface area (Å²) in [5, 5.41) is 19.9. The van der Waals surface area contributed by atoms with Gasteiger partial charge in [0.05, 0.1) is 30.1 Å². The van der Waals surface area contributed by atoms with Crippen LogP contribution in [-0.4, -0.2) is 37.6 Å². The lowest BCUT2D eigenvalue weighted by Gasteiger charge is -2.17. The first kappa shape index (κ1) is 22.0. The van der Waals surface area contributed by atoms with Crippen LogP contribution in [0, 0.1) is 11.6 Å². The number of nitrogen functional groups attached to an aromatic ring is 1. The van der Waals surface area contributed by atoms with Crippen LogP contribution >= 0.6 is 0 Å². The number of aryl methyl sites for hydroxylation is 1. The van der Waals surface area contributed by atoms with Crippen molar-refractivity contribution in [1.82, 2.24) is 25.3 Å². The van der Waals surface area contributed by atoms with Gasteiger partial charge in [-0.15, -0.1) is 5.10 Å². The van der Waals surface area contributed by atoms with Gasteiger partial charge < -0.3 is 16.2 Å². The van der Waals surface area contributed by atoms with E-state index in [4.69, 9.17) is 5.73 Å². The molecule has 0 saturated heterocycles. The standard InChI is InChI=1S/C23H20F2N6O2/c1-31-21(11-28-30-31)15-8-18(22(26)27-10-15)13-5-6-17(19(25)9-13)23(33)29-20(12-32)14-3-2-4-16(24)7-14/h2-11,20,32H,12H2,1H3,(H2,26,27)(H,29,33). The average Bonchev–Trinajstić information content (AvgIpc) is 3.23. The van der Waals surface area contributed by atoms with Crippen molar-refractivity contribution in [2.75, 3.05) is 12.3 Å². The first-order valence-electron chi connectivity index (χ1n) is 9.95. The van der Waals surface area contributed by atoms with Crippen LogP contribution in [0.5, 0.6) is 0 Å². The fourth-order valence-corrected chi connectivity index (χ4v) is 3.46. The van der Waals surface area contributed by atoms with Crippen molar-refractivity contribution >= 4 is 11.7 Å². The molecule has 2 aromatic carbocycles. The van der Waals surface area contributed by atoms with Crippen LogP contribution in [-0.2, 0) is 7.05 Å². The first-order chi connectivity index (χ1) is 15.9. The number of pyridine rings is 1. The molecule has 4 N–H and O–H groups in total. The van der Waals surface area contributed by atoms with Crippen molar-refractivity contribution in [3.8, 4) is 22.4 Å². The zero-order valence-electron chi connectivity index (χ0n) is 17.5. The molecular formula is C23H20F2N6O2. The lowest BCUT2D eigenvalue weighted by Crippen LogP contribution is -2.31. The second-order valence-corrected chi connectivity index (χ2v) is 7.36. The number of anilines is 1. The number of benzene rings is 2. The minimum absolute atomic E-state index is 0.192. The largest absolute Gasteiger partial charge is 0.394 e. The lowest BCUT2D eigenvalue weighted by atomic mass is 10.0. The van der Waals surface area contributed by atoms with Gasteiger partial charge in [0, 0.05) is 24.4 Å². The van der Waals surface area contributed by atoms with E-state index in [0.29, 0.717) is 27.9 Å². The second kappa shape index (κ2) is 9.13. The molecule has 0 aliphatic carbocycles. The molecule has 1 atom stereocenters. The molecule has 0 fully saturated rings. The molecular weight excluding hydrogens is 430 g/mol. The Labute approximate surface area is 187 Å². The van der Waals surface area contributed by atoms with Crippen LogP contribution in [0.3, 0.4) is 0 Å². The third kappa shape index (κ3) is 4.55. The van der Waals surface area contributed by atoms with Crippen LogP contribution in [0.4, 0.5) is 14.6 Å². The Kier molecular flexibility index (Phi) is 6.09. The van der Waals surface area contributed by atoms with Crippen molar-refractivity contribution in [2.45, 2.75) is 6.04 Å². The predicted molar refractivity (Wildman–Crippen MR) is 118 cm³/mol. The highest BCUT2D eigenvalue weighted by Gasteiger charge is 2.19. The van der Waals surface area contributed by atoms with Crippen molar-refractivity contribution in [2.24, 2.45) is 7.05 Å². The Balaban J connectivity index is 1.61. The number of halogens is 2. The summed E-state index contributed by atoms with van der Waals surface area (Å²) >= 11 is 0. The molecule has 0 saturated carbocycles. The molecule has 1 amide bonds. The summed E-state index contributed by atoms with van der Waals surface area (Å²) in [6.07, 6.45) is 3.14. The number of nitrogens with one attached hydrogen (secondary N) is 1. The summed E-state index contributed by atoms with van der Waals surface area (Å²) in [7, 11) is 1.73. The van der Waals surface area contributed by atoms with E-state index in [2.05, 4.69) is 20.6 Å². The molecule has 0 radical (unpaired) electrons. The van der Waals surface area contributed by atoms with Gasteiger partial charge in [0.15, 0.2) is 0 Å². The molecule has 0 spiro atoms. The van der Waals surface area contributed by atoms with Crippen molar-refractivity contribution in [1.29, 1.82) is 0 Å². The van der Waals surface area contributed by atoms with Gasteiger partial charge >= 0.3 is 0 Å². The molecule has 4 rings (SSSR count). The molecule has 0 bridgehead atoms. The average molecular weight is 450 g/mol. The van der Waals surface area contributed by atoms with Crippen molar-refractivity contribution < 1.29 is 18.7 Å². The second-order valence-electron chi connectivity index (χ2n) is 7.36. The van der Waals surface area contributed by atoms with Gasteiger partial charge in [0.2, 0.25) is 0 Å². The van der Waals surface area contributed by atoms with Gasteiger partial charge in [-0.05, 0) is 41.5 Å². The van der Waals surface area contributed by atoms with E-state index in [-0.39, 0.29) is 11.4 Å². The van der Waals surface area contributed by atoms with E-state index in [1.54, 1.807) is 42.3 Å². The summed E-state index contributed by atoms with van der Waals surface area (Å²) < 4.78 is 30.0. The SMILES string of the molecule is Cn1nncc1-c1cnc(N)c(-c2ccc(C(=O)NC(CO)c3cccc(F)c3)c(F)c2)c1. The van der Waals surface area contributed by atoms with Gasteiger partial charge in [-0.2, -0.15) is 0 Å². The molecule has 1 unspecified atom stereocenters. The minimum Gasteiger partial charge on any atom is -0.394 e. The fourth-order valence-electron chi connectivity index (χ4n) is 3.46. The number of aromatic nitrogens is 4. The lowest BCUT2D eigenvalue weighted by molar-refractivity contribution is 0.0912.